The maximum Gasteiger partial charge on any atom is 0.357 e. The average Bonchev–Trinajstić information content (AvgIpc) is 3.53. The van der Waals surface area contributed by atoms with E-state index in [0.29, 0.717) is 53.1 Å². The van der Waals surface area contributed by atoms with E-state index in [2.05, 4.69) is 23.0 Å². The number of halogens is 1. The first-order chi connectivity index (χ1) is 23.8. The number of carbonyl (C=O) groups is 1. The van der Waals surface area contributed by atoms with E-state index < -0.39 is 12.0 Å². The summed E-state index contributed by atoms with van der Waals surface area (Å²) >= 11 is 6.67. The highest BCUT2D eigenvalue weighted by molar-refractivity contribution is 6.36. The standard InChI is InChI=1S/C36H35ClN8O4/c1-23-39-31-32(34(46)45(23)29-15-7-12-24-11-6-14-28(37)30(24)29)40-36(48-22-27-13-8-18-42(27)2)41-33(31)43-19-20-44(26(21-43)16-17-38)49-35(47)25-9-4-3-5-10-25/h3-7,9-12,14-15,26-27H,8,13,16,18-22H2,1-2H3/t26-,27-/m0/s1. The molecule has 2 aromatic heterocycles. The van der Waals surface area contributed by atoms with Gasteiger partial charge in [-0.1, -0.05) is 54.1 Å². The van der Waals surface area contributed by atoms with Crippen LogP contribution in [0, 0.1) is 18.3 Å². The molecular weight excluding hydrogens is 644 g/mol. The average molecular weight is 679 g/mol. The molecule has 0 spiro atoms. The summed E-state index contributed by atoms with van der Waals surface area (Å²) in [4.78, 5) is 51.7. The lowest BCUT2D eigenvalue weighted by molar-refractivity contribution is -0.140. The van der Waals surface area contributed by atoms with Gasteiger partial charge in [-0.25, -0.2) is 9.78 Å². The van der Waals surface area contributed by atoms with E-state index in [0.717, 1.165) is 30.2 Å². The minimum absolute atomic E-state index is 0.0721. The van der Waals surface area contributed by atoms with Gasteiger partial charge in [0.15, 0.2) is 11.3 Å². The second kappa shape index (κ2) is 13.8. The van der Waals surface area contributed by atoms with Gasteiger partial charge in [-0.05, 0) is 63.0 Å². The summed E-state index contributed by atoms with van der Waals surface area (Å²) in [5.41, 5.74) is 1.05. The van der Waals surface area contributed by atoms with E-state index in [-0.39, 0.29) is 36.1 Å². The van der Waals surface area contributed by atoms with Gasteiger partial charge in [0.2, 0.25) is 0 Å². The van der Waals surface area contributed by atoms with Crippen LogP contribution in [0.3, 0.4) is 0 Å². The van der Waals surface area contributed by atoms with Crippen LogP contribution >= 0.6 is 11.6 Å². The van der Waals surface area contributed by atoms with Crippen LogP contribution in [-0.2, 0) is 4.84 Å². The number of fused-ring (bicyclic) bond motifs is 2. The Labute approximate surface area is 288 Å². The van der Waals surface area contributed by atoms with Gasteiger partial charge in [0.25, 0.3) is 5.56 Å². The zero-order valence-corrected chi connectivity index (χ0v) is 28.0. The number of aryl methyl sites for hydroxylation is 1. The number of aromatic nitrogens is 4. The van der Waals surface area contributed by atoms with Gasteiger partial charge in [-0.15, -0.1) is 5.06 Å². The predicted molar refractivity (Wildman–Crippen MR) is 186 cm³/mol. The van der Waals surface area contributed by atoms with Gasteiger partial charge in [0.05, 0.1) is 41.4 Å². The summed E-state index contributed by atoms with van der Waals surface area (Å²) in [6.45, 7) is 4.08. The minimum atomic E-state index is -0.497. The molecule has 3 aromatic carbocycles. The number of anilines is 1. The topological polar surface area (TPSA) is 130 Å². The van der Waals surface area contributed by atoms with E-state index in [1.54, 1.807) is 42.3 Å². The third-order valence-electron chi connectivity index (χ3n) is 9.26. The maximum absolute atomic E-state index is 14.5. The smallest absolute Gasteiger partial charge is 0.357 e. The Morgan fingerprint density at radius 2 is 1.78 bits per heavy atom. The molecule has 5 aromatic rings. The van der Waals surface area contributed by atoms with Crippen LogP contribution in [0.5, 0.6) is 6.01 Å². The van der Waals surface area contributed by atoms with Gasteiger partial charge >= 0.3 is 12.0 Å². The number of nitrogens with zero attached hydrogens (tertiary/aromatic N) is 8. The molecule has 2 atom stereocenters. The molecule has 0 saturated carbocycles. The van der Waals surface area contributed by atoms with Crippen LogP contribution in [0.25, 0.3) is 27.5 Å². The molecule has 0 radical (unpaired) electrons. The number of likely N-dealkylation sites (tertiary alicyclic amines) is 1. The lowest BCUT2D eigenvalue weighted by Gasteiger charge is -2.39. The Morgan fingerprint density at radius 1 is 0.980 bits per heavy atom. The maximum atomic E-state index is 14.5. The lowest BCUT2D eigenvalue weighted by Crippen LogP contribution is -2.54. The number of hydroxylamine groups is 2. The first-order valence-corrected chi connectivity index (χ1v) is 16.7. The third kappa shape index (κ3) is 6.40. The summed E-state index contributed by atoms with van der Waals surface area (Å²) in [7, 11) is 2.06. The van der Waals surface area contributed by atoms with Gasteiger partial charge in [0, 0.05) is 24.5 Å². The highest BCUT2D eigenvalue weighted by atomic mass is 35.5. The number of ether oxygens (including phenoxy) is 1. The Kier molecular flexibility index (Phi) is 9.14. The van der Waals surface area contributed by atoms with E-state index in [4.69, 9.17) is 31.1 Å². The Hall–Kier alpha value is -5.09. The third-order valence-corrected chi connectivity index (χ3v) is 9.58. The summed E-state index contributed by atoms with van der Waals surface area (Å²) in [6.07, 6.45) is 2.17. The van der Waals surface area contributed by atoms with Crippen molar-refractivity contribution in [3.05, 3.63) is 93.5 Å². The highest BCUT2D eigenvalue weighted by Crippen LogP contribution is 2.31. The van der Waals surface area contributed by atoms with Crippen LogP contribution in [0.1, 0.15) is 35.4 Å². The molecule has 7 rings (SSSR count). The molecule has 12 nitrogen and oxygen atoms in total. The van der Waals surface area contributed by atoms with Crippen molar-refractivity contribution in [2.24, 2.45) is 0 Å². The summed E-state index contributed by atoms with van der Waals surface area (Å²) in [6, 6.07) is 22.0. The number of hydrogen-bond acceptors (Lipinski definition) is 11. The summed E-state index contributed by atoms with van der Waals surface area (Å²) < 4.78 is 7.73. The number of carbonyl (C=O) groups excluding carboxylic acids is 1. The molecule has 4 heterocycles. The van der Waals surface area contributed by atoms with Gasteiger partial charge in [0.1, 0.15) is 17.9 Å². The second-order valence-corrected chi connectivity index (χ2v) is 12.8. The van der Waals surface area contributed by atoms with Gasteiger partial charge in [-0.3, -0.25) is 9.36 Å². The largest absolute Gasteiger partial charge is 0.462 e. The van der Waals surface area contributed by atoms with Crippen molar-refractivity contribution in [3.63, 3.8) is 0 Å². The van der Waals surface area contributed by atoms with Crippen molar-refractivity contribution in [1.29, 1.82) is 5.26 Å². The predicted octanol–water partition coefficient (Wildman–Crippen LogP) is 4.94. The van der Waals surface area contributed by atoms with Crippen molar-refractivity contribution in [1.82, 2.24) is 29.5 Å². The van der Waals surface area contributed by atoms with Crippen LogP contribution in [0.4, 0.5) is 5.82 Å². The van der Waals surface area contributed by atoms with E-state index >= 15 is 0 Å². The number of nitriles is 1. The highest BCUT2D eigenvalue weighted by Gasteiger charge is 2.33. The van der Waals surface area contributed by atoms with Crippen molar-refractivity contribution in [2.45, 2.75) is 38.3 Å². The fourth-order valence-corrected chi connectivity index (χ4v) is 6.97. The minimum Gasteiger partial charge on any atom is -0.462 e. The van der Waals surface area contributed by atoms with Crippen LogP contribution in [0.2, 0.25) is 5.02 Å². The molecule has 2 fully saturated rings. The molecule has 2 aliphatic heterocycles. The quantitative estimate of drug-likeness (QED) is 0.221. The lowest BCUT2D eigenvalue weighted by atomic mass is 10.1. The normalized spacial score (nSPS) is 18.5. The molecule has 0 N–H and O–H groups in total. The zero-order valence-electron chi connectivity index (χ0n) is 27.3. The van der Waals surface area contributed by atoms with E-state index in [1.165, 1.54) is 4.57 Å². The monoisotopic (exact) mass is 678 g/mol. The number of benzene rings is 3. The van der Waals surface area contributed by atoms with Crippen LogP contribution < -0.4 is 15.2 Å². The zero-order chi connectivity index (χ0) is 34.1. The van der Waals surface area contributed by atoms with E-state index in [9.17, 15) is 14.9 Å². The van der Waals surface area contributed by atoms with Crippen molar-refractivity contribution in [2.75, 3.05) is 44.7 Å². The molecular formula is C36H35ClN8O4. The number of hydrogen-bond donors (Lipinski definition) is 0. The molecule has 250 valence electrons. The molecule has 2 saturated heterocycles. The van der Waals surface area contributed by atoms with Crippen LogP contribution in [-0.4, -0.2) is 87.4 Å². The molecule has 0 amide bonds. The molecule has 0 bridgehead atoms. The Morgan fingerprint density at radius 3 is 2.53 bits per heavy atom. The molecule has 2 aliphatic rings. The van der Waals surface area contributed by atoms with Crippen molar-refractivity contribution < 1.29 is 14.4 Å². The number of piperazine rings is 1. The molecule has 0 aliphatic carbocycles. The second-order valence-electron chi connectivity index (χ2n) is 12.4. The summed E-state index contributed by atoms with van der Waals surface area (Å²) in [5.74, 6) is 0.350. The van der Waals surface area contributed by atoms with Gasteiger partial charge < -0.3 is 19.4 Å². The van der Waals surface area contributed by atoms with Gasteiger partial charge in [-0.2, -0.15) is 15.2 Å². The number of rotatable bonds is 8. The van der Waals surface area contributed by atoms with Crippen molar-refractivity contribution in [3.8, 4) is 17.8 Å². The first kappa shape index (κ1) is 32.5. The summed E-state index contributed by atoms with van der Waals surface area (Å²) in [5, 5.41) is 13.4. The fraction of sp³-hybridized carbons (Fsp3) is 0.333. The van der Waals surface area contributed by atoms with Crippen LogP contribution in [0.15, 0.2) is 71.5 Å². The molecule has 49 heavy (non-hydrogen) atoms. The first-order valence-electron chi connectivity index (χ1n) is 16.3. The fourth-order valence-electron chi connectivity index (χ4n) is 6.69. The number of likely N-dealkylation sites (N-methyl/N-ethyl adjacent to an activating group) is 1. The SMILES string of the molecule is Cc1nc2c(N3CCN(OC(=O)c4ccccc4)[C@@H](CC#N)C3)nc(OC[C@@H]3CCCN3C)nc2c(=O)n1-c1cccc2cccc(Cl)c12. The molecule has 0 unspecified atom stereocenters. The Balaban J connectivity index is 1.29. The van der Waals surface area contributed by atoms with E-state index in [1.807, 2.05) is 41.3 Å². The van der Waals surface area contributed by atoms with Crippen molar-refractivity contribution >= 4 is 45.2 Å². The Bertz CT molecular complexity index is 2130. The molecule has 13 heteroatoms.